The number of aliphatic carboxylic acids is 1. The fourth-order valence-corrected chi connectivity index (χ4v) is 1.79. The van der Waals surface area contributed by atoms with Crippen molar-refractivity contribution >= 4 is 11.9 Å². The van der Waals surface area contributed by atoms with Gasteiger partial charge < -0.3 is 20.1 Å². The van der Waals surface area contributed by atoms with E-state index in [2.05, 4.69) is 5.32 Å². The van der Waals surface area contributed by atoms with Crippen LogP contribution in [0.5, 0.6) is 0 Å². The Labute approximate surface area is 94.6 Å². The minimum absolute atomic E-state index is 0.152. The van der Waals surface area contributed by atoms with E-state index in [0.29, 0.717) is 26.1 Å². The quantitative estimate of drug-likeness (QED) is 0.590. The Kier molecular flexibility index (Phi) is 5.21. The number of hydrogen-bond donors (Lipinski definition) is 2. The first-order valence-corrected chi connectivity index (χ1v) is 5.38. The van der Waals surface area contributed by atoms with Crippen LogP contribution in [0, 0.1) is 0 Å². The summed E-state index contributed by atoms with van der Waals surface area (Å²) in [6, 6.07) is -0.642. The zero-order valence-corrected chi connectivity index (χ0v) is 9.44. The number of carbonyl (C=O) groups is 2. The van der Waals surface area contributed by atoms with Crippen LogP contribution in [0.2, 0.25) is 0 Å². The molecule has 0 unspecified atom stereocenters. The smallest absolute Gasteiger partial charge is 0.326 e. The van der Waals surface area contributed by atoms with Gasteiger partial charge >= 0.3 is 5.97 Å². The van der Waals surface area contributed by atoms with E-state index in [-0.39, 0.29) is 12.5 Å². The number of hydrogen-bond acceptors (Lipinski definition) is 4. The van der Waals surface area contributed by atoms with Crippen molar-refractivity contribution in [3.8, 4) is 0 Å². The van der Waals surface area contributed by atoms with Gasteiger partial charge in [-0.1, -0.05) is 0 Å². The first-order chi connectivity index (χ1) is 7.66. The van der Waals surface area contributed by atoms with Gasteiger partial charge in [-0.25, -0.2) is 4.79 Å². The average Bonchev–Trinajstić information content (AvgIpc) is 2.73. The molecule has 2 N–H and O–H groups in total. The lowest BCUT2D eigenvalue weighted by molar-refractivity contribution is -0.147. The molecular formula is C10H18N2O4. The molecule has 0 saturated carbocycles. The van der Waals surface area contributed by atoms with Crippen LogP contribution in [0.4, 0.5) is 0 Å². The highest BCUT2D eigenvalue weighted by molar-refractivity contribution is 5.85. The highest BCUT2D eigenvalue weighted by atomic mass is 16.5. The molecule has 1 aliphatic heterocycles. The first kappa shape index (κ1) is 12.9. The Morgan fingerprint density at radius 1 is 1.56 bits per heavy atom. The van der Waals surface area contributed by atoms with E-state index in [1.165, 1.54) is 4.90 Å². The summed E-state index contributed by atoms with van der Waals surface area (Å²) in [5.41, 5.74) is 0. The maximum atomic E-state index is 11.7. The lowest BCUT2D eigenvalue weighted by atomic mass is 10.2. The van der Waals surface area contributed by atoms with Crippen molar-refractivity contribution < 1.29 is 19.4 Å². The third-order valence-corrected chi connectivity index (χ3v) is 2.62. The molecular weight excluding hydrogens is 212 g/mol. The van der Waals surface area contributed by atoms with Gasteiger partial charge in [-0.15, -0.1) is 0 Å². The van der Waals surface area contributed by atoms with Crippen LogP contribution in [0.25, 0.3) is 0 Å². The molecule has 1 fully saturated rings. The van der Waals surface area contributed by atoms with Gasteiger partial charge in [0.05, 0.1) is 13.2 Å². The van der Waals surface area contributed by atoms with Crippen molar-refractivity contribution in [2.45, 2.75) is 18.9 Å². The predicted molar refractivity (Wildman–Crippen MR) is 57.1 cm³/mol. The van der Waals surface area contributed by atoms with Gasteiger partial charge in [-0.2, -0.15) is 0 Å². The number of nitrogens with zero attached hydrogens (tertiary/aromatic N) is 1. The van der Waals surface area contributed by atoms with E-state index >= 15 is 0 Å². The third kappa shape index (κ3) is 3.46. The number of likely N-dealkylation sites (tertiary alicyclic amines) is 1. The number of amides is 1. The normalized spacial score (nSPS) is 20.1. The van der Waals surface area contributed by atoms with E-state index in [4.69, 9.17) is 9.84 Å². The number of carboxylic acid groups (broad SMARTS) is 1. The zero-order chi connectivity index (χ0) is 12.0. The molecule has 1 rings (SSSR count). The highest BCUT2D eigenvalue weighted by Gasteiger charge is 2.33. The Hall–Kier alpha value is -1.14. The number of ether oxygens (including phenoxy) is 1. The zero-order valence-electron chi connectivity index (χ0n) is 9.44. The average molecular weight is 230 g/mol. The summed E-state index contributed by atoms with van der Waals surface area (Å²) < 4.78 is 4.83. The van der Waals surface area contributed by atoms with Crippen LogP contribution in [0.1, 0.15) is 12.8 Å². The molecule has 1 atom stereocenters. The molecule has 1 heterocycles. The molecule has 1 saturated heterocycles. The van der Waals surface area contributed by atoms with Crippen molar-refractivity contribution in [1.29, 1.82) is 0 Å². The van der Waals surface area contributed by atoms with Crippen LogP contribution in [0.15, 0.2) is 0 Å². The summed E-state index contributed by atoms with van der Waals surface area (Å²) in [5, 5.41) is 11.8. The topological polar surface area (TPSA) is 78.9 Å². The maximum Gasteiger partial charge on any atom is 0.326 e. The Bertz CT molecular complexity index is 257. The first-order valence-electron chi connectivity index (χ1n) is 5.38. The maximum absolute atomic E-state index is 11.7. The summed E-state index contributed by atoms with van der Waals surface area (Å²) in [6.45, 7) is 1.85. The van der Waals surface area contributed by atoms with Crippen molar-refractivity contribution in [2.75, 3.05) is 33.4 Å². The van der Waals surface area contributed by atoms with Gasteiger partial charge in [-0.05, 0) is 12.8 Å². The van der Waals surface area contributed by atoms with Crippen LogP contribution in [-0.4, -0.2) is 61.3 Å². The van der Waals surface area contributed by atoms with Gasteiger partial charge in [0.2, 0.25) is 5.91 Å². The minimum Gasteiger partial charge on any atom is -0.480 e. The van der Waals surface area contributed by atoms with Crippen molar-refractivity contribution in [2.24, 2.45) is 0 Å². The summed E-state index contributed by atoms with van der Waals surface area (Å²) >= 11 is 0. The summed E-state index contributed by atoms with van der Waals surface area (Å²) in [4.78, 5) is 24.0. The molecule has 0 aliphatic carbocycles. The molecule has 6 nitrogen and oxygen atoms in total. The van der Waals surface area contributed by atoms with Gasteiger partial charge in [0, 0.05) is 20.2 Å². The highest BCUT2D eigenvalue weighted by Crippen LogP contribution is 2.16. The fourth-order valence-electron chi connectivity index (χ4n) is 1.79. The number of carbonyl (C=O) groups excluding carboxylic acids is 1. The van der Waals surface area contributed by atoms with Gasteiger partial charge in [0.15, 0.2) is 0 Å². The Balaban J connectivity index is 2.32. The monoisotopic (exact) mass is 230 g/mol. The van der Waals surface area contributed by atoms with Crippen molar-refractivity contribution in [1.82, 2.24) is 10.2 Å². The lowest BCUT2D eigenvalue weighted by Gasteiger charge is -2.21. The predicted octanol–water partition coefficient (Wildman–Crippen LogP) is -0.702. The number of methoxy groups -OCH3 is 1. The molecule has 0 aromatic rings. The number of carboxylic acids is 1. The second kappa shape index (κ2) is 6.44. The SMILES string of the molecule is COCCNCC(=O)N1CCC[C@H]1C(=O)O. The molecule has 0 spiro atoms. The van der Waals surface area contributed by atoms with E-state index in [9.17, 15) is 9.59 Å². The molecule has 0 aromatic heterocycles. The summed E-state index contributed by atoms with van der Waals surface area (Å²) in [6.07, 6.45) is 1.32. The van der Waals surface area contributed by atoms with Crippen LogP contribution in [0.3, 0.4) is 0 Å². The standard InChI is InChI=1S/C10H18N2O4/c1-16-6-4-11-7-9(13)12-5-2-3-8(12)10(14)15/h8,11H,2-7H2,1H3,(H,14,15)/t8-/m0/s1. The Morgan fingerprint density at radius 3 is 2.94 bits per heavy atom. The van der Waals surface area contributed by atoms with E-state index in [1.807, 2.05) is 0 Å². The van der Waals surface area contributed by atoms with Crippen LogP contribution < -0.4 is 5.32 Å². The third-order valence-electron chi connectivity index (χ3n) is 2.62. The fraction of sp³-hybridized carbons (Fsp3) is 0.800. The van der Waals surface area contributed by atoms with E-state index < -0.39 is 12.0 Å². The second-order valence-electron chi connectivity index (χ2n) is 3.75. The molecule has 0 aromatic carbocycles. The van der Waals surface area contributed by atoms with Gasteiger partial charge in [0.25, 0.3) is 0 Å². The molecule has 92 valence electrons. The largest absolute Gasteiger partial charge is 0.480 e. The van der Waals surface area contributed by atoms with E-state index in [1.54, 1.807) is 7.11 Å². The van der Waals surface area contributed by atoms with Crippen molar-refractivity contribution in [3.05, 3.63) is 0 Å². The number of rotatable bonds is 6. The second-order valence-corrected chi connectivity index (χ2v) is 3.75. The molecule has 1 aliphatic rings. The van der Waals surface area contributed by atoms with Gasteiger partial charge in [0.1, 0.15) is 6.04 Å². The molecule has 0 bridgehead atoms. The molecule has 16 heavy (non-hydrogen) atoms. The minimum atomic E-state index is -0.914. The van der Waals surface area contributed by atoms with Gasteiger partial charge in [-0.3, -0.25) is 4.79 Å². The lowest BCUT2D eigenvalue weighted by Crippen LogP contribution is -2.44. The van der Waals surface area contributed by atoms with Crippen LogP contribution in [-0.2, 0) is 14.3 Å². The molecule has 6 heteroatoms. The Morgan fingerprint density at radius 2 is 2.31 bits per heavy atom. The van der Waals surface area contributed by atoms with Crippen molar-refractivity contribution in [3.63, 3.8) is 0 Å². The summed E-state index contributed by atoms with van der Waals surface area (Å²) in [5.74, 6) is -1.07. The molecule has 1 amide bonds. The van der Waals surface area contributed by atoms with E-state index in [0.717, 1.165) is 6.42 Å². The summed E-state index contributed by atoms with van der Waals surface area (Å²) in [7, 11) is 1.59. The van der Waals surface area contributed by atoms with Crippen LogP contribution >= 0.6 is 0 Å². The molecule has 0 radical (unpaired) electrons. The number of nitrogens with one attached hydrogen (secondary N) is 1.